The van der Waals surface area contributed by atoms with Crippen LogP contribution < -0.4 is 9.64 Å². The van der Waals surface area contributed by atoms with E-state index in [2.05, 4.69) is 4.90 Å². The maximum Gasteiger partial charge on any atom is 0.416 e. The van der Waals surface area contributed by atoms with Crippen LogP contribution in [0.2, 0.25) is 0 Å². The second-order valence-corrected chi connectivity index (χ2v) is 12.5. The zero-order chi connectivity index (χ0) is 34.5. The number of aliphatic carboxylic acids is 1. The number of carbonyl (C=O) groups excluding carboxylic acids is 1. The monoisotopic (exact) mass is 677 g/mol. The number of anilines is 1. The molecule has 14 heteroatoms. The second-order valence-electron chi connectivity index (χ2n) is 12.5. The van der Waals surface area contributed by atoms with Gasteiger partial charge in [0.2, 0.25) is 0 Å². The molecule has 0 spiro atoms. The lowest BCUT2D eigenvalue weighted by Gasteiger charge is -2.33. The van der Waals surface area contributed by atoms with E-state index in [9.17, 15) is 41.0 Å². The molecule has 1 aromatic heterocycles. The number of aromatic nitrogens is 1. The largest absolute Gasteiger partial charge is 0.490 e. The van der Waals surface area contributed by atoms with Gasteiger partial charge in [0.25, 0.3) is 0 Å². The molecule has 2 aliphatic heterocycles. The fraction of sp³-hybridized carbons (Fsp3) is 0.441. The predicted octanol–water partition coefficient (Wildman–Crippen LogP) is 7.95. The van der Waals surface area contributed by atoms with Gasteiger partial charge in [-0.1, -0.05) is 6.07 Å². The number of hydrogen-bond donors (Lipinski definition) is 1. The molecule has 48 heavy (non-hydrogen) atoms. The summed E-state index contributed by atoms with van der Waals surface area (Å²) in [6.45, 7) is 4.76. The number of alkyl halides is 6. The van der Waals surface area contributed by atoms with Crippen LogP contribution in [0.3, 0.4) is 0 Å². The molecule has 1 unspecified atom stereocenters. The van der Waals surface area contributed by atoms with E-state index < -0.39 is 53.3 Å². The van der Waals surface area contributed by atoms with Gasteiger partial charge >= 0.3 is 24.4 Å². The van der Waals surface area contributed by atoms with Crippen LogP contribution in [0.1, 0.15) is 72.2 Å². The molecular formula is C34H33F6N3O5. The third-order valence-electron chi connectivity index (χ3n) is 8.87. The number of hydrogen-bond acceptors (Lipinski definition) is 6. The summed E-state index contributed by atoms with van der Waals surface area (Å²) in [5, 5.41) is 9.27. The lowest BCUT2D eigenvalue weighted by molar-refractivity contribution is -0.143. The molecule has 3 heterocycles. The Hall–Kier alpha value is -4.49. The average Bonchev–Trinajstić information content (AvgIpc) is 3.75. The van der Waals surface area contributed by atoms with Crippen LogP contribution in [0.25, 0.3) is 11.1 Å². The zero-order valence-corrected chi connectivity index (χ0v) is 26.1. The highest BCUT2D eigenvalue weighted by Crippen LogP contribution is 2.43. The van der Waals surface area contributed by atoms with Gasteiger partial charge in [-0.15, -0.1) is 0 Å². The molecule has 1 N–H and O–H groups in total. The fourth-order valence-electron chi connectivity index (χ4n) is 6.02. The highest BCUT2D eigenvalue weighted by molar-refractivity contribution is 5.79. The van der Waals surface area contributed by atoms with Crippen molar-refractivity contribution in [1.29, 1.82) is 0 Å². The Morgan fingerprint density at radius 2 is 1.69 bits per heavy atom. The third-order valence-corrected chi connectivity index (χ3v) is 8.87. The molecule has 256 valence electrons. The van der Waals surface area contributed by atoms with Crippen LogP contribution in [-0.2, 0) is 34.8 Å². The number of rotatable bonds is 10. The van der Waals surface area contributed by atoms with Crippen LogP contribution >= 0.6 is 0 Å². The van der Waals surface area contributed by atoms with Gasteiger partial charge in [0.1, 0.15) is 17.7 Å². The Balaban J connectivity index is 1.40. The zero-order valence-electron chi connectivity index (χ0n) is 26.1. The summed E-state index contributed by atoms with van der Waals surface area (Å²) in [6, 6.07) is 7.57. The van der Waals surface area contributed by atoms with Crippen molar-refractivity contribution in [2.24, 2.45) is 0 Å². The van der Waals surface area contributed by atoms with E-state index in [0.29, 0.717) is 40.5 Å². The number of cyclic esters (lactones) is 1. The van der Waals surface area contributed by atoms with Crippen LogP contribution in [0.15, 0.2) is 42.5 Å². The van der Waals surface area contributed by atoms with E-state index >= 15 is 0 Å². The minimum Gasteiger partial charge on any atom is -0.490 e. The number of aryl methyl sites for hydroxylation is 2. The van der Waals surface area contributed by atoms with Crippen LogP contribution in [-0.4, -0.2) is 52.3 Å². The molecule has 8 nitrogen and oxygen atoms in total. The lowest BCUT2D eigenvalue weighted by atomic mass is 9.94. The minimum atomic E-state index is -5.06. The van der Waals surface area contributed by atoms with Gasteiger partial charge in [-0.25, -0.2) is 9.78 Å². The highest BCUT2D eigenvalue weighted by Gasteiger charge is 2.44. The summed E-state index contributed by atoms with van der Waals surface area (Å²) in [5.41, 5.74) is -0.181. The third kappa shape index (κ3) is 7.02. The minimum absolute atomic E-state index is 0.0223. The summed E-state index contributed by atoms with van der Waals surface area (Å²) in [4.78, 5) is 32.9. The molecular weight excluding hydrogens is 644 g/mol. The number of benzene rings is 2. The summed E-state index contributed by atoms with van der Waals surface area (Å²) >= 11 is 0. The van der Waals surface area contributed by atoms with E-state index in [4.69, 9.17) is 14.5 Å². The number of nitrogens with zero attached hydrogens (tertiary/aromatic N) is 3. The normalized spacial score (nSPS) is 19.7. The lowest BCUT2D eigenvalue weighted by Crippen LogP contribution is -2.38. The summed E-state index contributed by atoms with van der Waals surface area (Å²) in [5.74, 6) is 0.262. The van der Waals surface area contributed by atoms with Gasteiger partial charge in [0.15, 0.2) is 0 Å². The van der Waals surface area contributed by atoms with Crippen molar-refractivity contribution in [3.63, 3.8) is 0 Å². The molecule has 3 aliphatic rings. The Labute approximate surface area is 272 Å². The maximum absolute atomic E-state index is 13.6. The molecule has 1 saturated carbocycles. The van der Waals surface area contributed by atoms with Crippen molar-refractivity contribution in [1.82, 2.24) is 9.88 Å². The number of ether oxygens (including phenoxy) is 2. The quantitative estimate of drug-likeness (QED) is 0.218. The first kappa shape index (κ1) is 33.4. The topological polar surface area (TPSA) is 92.2 Å². The van der Waals surface area contributed by atoms with Gasteiger partial charge in [-0.3, -0.25) is 9.69 Å². The number of carboxylic acid groups (broad SMARTS) is 1. The molecule has 2 saturated heterocycles. The summed E-state index contributed by atoms with van der Waals surface area (Å²) in [7, 11) is 0. The molecule has 2 aromatic carbocycles. The van der Waals surface area contributed by atoms with Crippen LogP contribution in [0.5, 0.6) is 5.75 Å². The Morgan fingerprint density at radius 1 is 1.02 bits per heavy atom. The smallest absolute Gasteiger partial charge is 0.416 e. The van der Waals surface area contributed by atoms with Gasteiger partial charge in [0.05, 0.1) is 35.5 Å². The van der Waals surface area contributed by atoms with E-state index in [1.54, 1.807) is 12.1 Å². The Bertz CT molecular complexity index is 1700. The van der Waals surface area contributed by atoms with Crippen molar-refractivity contribution in [2.45, 2.75) is 83.1 Å². The van der Waals surface area contributed by atoms with Gasteiger partial charge in [0, 0.05) is 30.6 Å². The van der Waals surface area contributed by atoms with Crippen molar-refractivity contribution >= 4 is 17.9 Å². The average molecular weight is 678 g/mol. The van der Waals surface area contributed by atoms with Gasteiger partial charge < -0.3 is 19.5 Å². The Morgan fingerprint density at radius 3 is 2.25 bits per heavy atom. The number of halogens is 6. The van der Waals surface area contributed by atoms with E-state index in [1.807, 2.05) is 19.1 Å². The second kappa shape index (κ2) is 12.5. The number of carboxylic acids is 1. The maximum atomic E-state index is 13.6. The fourth-order valence-corrected chi connectivity index (χ4v) is 6.02. The molecule has 6 rings (SSSR count). The summed E-state index contributed by atoms with van der Waals surface area (Å²) < 4.78 is 93.5. The van der Waals surface area contributed by atoms with Crippen molar-refractivity contribution in [2.75, 3.05) is 18.0 Å². The van der Waals surface area contributed by atoms with E-state index in [1.165, 1.54) is 11.8 Å². The van der Waals surface area contributed by atoms with E-state index in [0.717, 1.165) is 43.5 Å². The van der Waals surface area contributed by atoms with Gasteiger partial charge in [-0.05, 0) is 92.6 Å². The molecule has 0 radical (unpaired) electrons. The highest BCUT2D eigenvalue weighted by atomic mass is 19.4. The number of carbonyl (C=O) groups is 2. The molecule has 3 aromatic rings. The van der Waals surface area contributed by atoms with E-state index in [-0.39, 0.29) is 31.6 Å². The summed E-state index contributed by atoms with van der Waals surface area (Å²) in [6.07, 6.45) is -9.54. The number of pyridine rings is 1. The Kier molecular flexibility index (Phi) is 8.71. The van der Waals surface area contributed by atoms with Crippen LogP contribution in [0, 0.1) is 6.92 Å². The van der Waals surface area contributed by atoms with Crippen molar-refractivity contribution < 1.29 is 50.5 Å². The molecule has 3 fully saturated rings. The van der Waals surface area contributed by atoms with Gasteiger partial charge in [-0.2, -0.15) is 26.3 Å². The molecule has 2 atom stereocenters. The molecule has 1 aliphatic carbocycles. The predicted molar refractivity (Wildman–Crippen MR) is 162 cm³/mol. The first-order valence-electron chi connectivity index (χ1n) is 15.6. The molecule has 1 amide bonds. The SMILES string of the molecule is Cc1cc(N2CCC2)nc(CN2C(=O)O[C@H](c3cc(C(F)(F)F)cc(C(F)(F)F)c3)C2C)c1-c1cc(CCC(=O)O)ccc1OC1CC1. The standard InChI is InChI=1S/C34H33F6N3O5/c1-18-12-28(42-10-3-11-42)41-26(30(18)25-13-20(5-9-29(44)45)4-8-27(25)47-24-6-7-24)17-43-19(2)31(48-32(43)46)21-14-22(33(35,36)37)16-23(15-21)34(38,39)40/h4,8,12-16,19,24,31H,3,5-7,9-11,17H2,1-2H3,(H,44,45)/t19?,31-/m0/s1. The van der Waals surface area contributed by atoms with Crippen molar-refractivity contribution in [3.05, 3.63) is 76.0 Å². The van der Waals surface area contributed by atoms with Crippen molar-refractivity contribution in [3.8, 4) is 16.9 Å². The first-order chi connectivity index (χ1) is 22.6. The molecule has 0 bridgehead atoms. The first-order valence-corrected chi connectivity index (χ1v) is 15.6. The number of amides is 1. The van der Waals surface area contributed by atoms with Crippen LogP contribution in [0.4, 0.5) is 37.0 Å².